The van der Waals surface area contributed by atoms with Crippen molar-refractivity contribution in [2.24, 2.45) is 5.41 Å². The molecule has 4 aromatic rings. The lowest BCUT2D eigenvalue weighted by atomic mass is 9.66. The van der Waals surface area contributed by atoms with Crippen LogP contribution in [0.1, 0.15) is 80.0 Å². The molecule has 2 aliphatic heterocycles. The molecule has 222 valence electrons. The number of carbonyl (C=O) groups is 2. The van der Waals surface area contributed by atoms with Crippen molar-refractivity contribution in [2.45, 2.75) is 69.9 Å². The summed E-state index contributed by atoms with van der Waals surface area (Å²) in [6.07, 6.45) is 9.14. The monoisotopic (exact) mass is 581 g/mol. The van der Waals surface area contributed by atoms with E-state index in [4.69, 9.17) is 0 Å². The normalized spacial score (nSPS) is 24.3. The number of hydrogen-bond donors (Lipinski definition) is 2. The average molecular weight is 582 g/mol. The largest absolute Gasteiger partial charge is 0.384 e. The van der Waals surface area contributed by atoms with Crippen LogP contribution in [0.4, 0.5) is 4.39 Å². The average Bonchev–Trinajstić information content (AvgIpc) is 3.72. The maximum atomic E-state index is 16.2. The number of piperidine rings is 2. The van der Waals surface area contributed by atoms with Crippen LogP contribution in [0.3, 0.4) is 0 Å². The molecule has 1 aliphatic carbocycles. The van der Waals surface area contributed by atoms with Crippen molar-refractivity contribution in [3.63, 3.8) is 0 Å². The third-order valence-corrected chi connectivity index (χ3v) is 9.69. The van der Waals surface area contributed by atoms with E-state index in [2.05, 4.69) is 50.8 Å². The van der Waals surface area contributed by atoms with Crippen LogP contribution in [-0.2, 0) is 21.7 Å². The maximum absolute atomic E-state index is 16.2. The Kier molecular flexibility index (Phi) is 6.70. The van der Waals surface area contributed by atoms with Gasteiger partial charge < -0.3 is 5.11 Å². The standard InChI is InChI=1S/C34H36FN5O3/c1-33(2)20-39(18-21-3-7-25(8-4-21)40-19-24(17-37-40)22-5-6-22)14-13-34(33,43)28-10-11-29-27(31(28)35)15-23(16-36-29)26-9-12-30(41)38-32(26)42/h3-4,7-8,10-11,15-17,19,22,26,43H,5-6,9,12-14,18,20H2,1-2H3,(H,38,41,42)/t26?,34-/m0/s1. The van der Waals surface area contributed by atoms with Crippen molar-refractivity contribution in [3.8, 4) is 5.69 Å². The fourth-order valence-electron chi connectivity index (χ4n) is 6.88. The Balaban J connectivity index is 1.09. The van der Waals surface area contributed by atoms with Crippen LogP contribution in [0, 0.1) is 11.2 Å². The highest BCUT2D eigenvalue weighted by molar-refractivity contribution is 6.01. The van der Waals surface area contributed by atoms with Gasteiger partial charge in [0.15, 0.2) is 0 Å². The van der Waals surface area contributed by atoms with Gasteiger partial charge in [0.1, 0.15) is 5.82 Å². The predicted molar refractivity (Wildman–Crippen MR) is 160 cm³/mol. The molecule has 2 N–H and O–H groups in total. The lowest BCUT2D eigenvalue weighted by Gasteiger charge is -2.50. The summed E-state index contributed by atoms with van der Waals surface area (Å²) in [6, 6.07) is 13.5. The summed E-state index contributed by atoms with van der Waals surface area (Å²) in [6.45, 7) is 5.89. The number of carbonyl (C=O) groups excluding carboxylic acids is 2. The highest BCUT2D eigenvalue weighted by atomic mass is 19.1. The number of benzene rings is 2. The summed E-state index contributed by atoms with van der Waals surface area (Å²) in [5.41, 5.74) is 2.74. The smallest absolute Gasteiger partial charge is 0.234 e. The van der Waals surface area contributed by atoms with Crippen molar-refractivity contribution in [3.05, 3.63) is 89.1 Å². The Morgan fingerprint density at radius 1 is 1.05 bits per heavy atom. The van der Waals surface area contributed by atoms with Crippen LogP contribution in [0.15, 0.2) is 61.1 Å². The molecule has 1 saturated carbocycles. The molecule has 0 bridgehead atoms. The van der Waals surface area contributed by atoms with Crippen molar-refractivity contribution in [1.82, 2.24) is 25.0 Å². The molecule has 43 heavy (non-hydrogen) atoms. The predicted octanol–water partition coefficient (Wildman–Crippen LogP) is 5.08. The van der Waals surface area contributed by atoms with E-state index < -0.39 is 22.8 Å². The SMILES string of the molecule is CC1(C)CN(Cc2ccc(-n3cc(C4CC4)cn3)cc2)CC[C@]1(O)c1ccc2ncc(C3CCC(=O)NC3=O)cc2c1F. The lowest BCUT2D eigenvalue weighted by molar-refractivity contribution is -0.134. The van der Waals surface area contributed by atoms with Gasteiger partial charge in [0, 0.05) is 54.8 Å². The second-order valence-corrected chi connectivity index (χ2v) is 13.1. The minimum Gasteiger partial charge on any atom is -0.384 e. The van der Waals surface area contributed by atoms with Crippen LogP contribution < -0.4 is 5.32 Å². The second-order valence-electron chi connectivity index (χ2n) is 13.1. The summed E-state index contributed by atoms with van der Waals surface area (Å²) in [7, 11) is 0. The molecule has 0 radical (unpaired) electrons. The fraction of sp³-hybridized carbons (Fsp3) is 0.412. The molecule has 1 unspecified atom stereocenters. The van der Waals surface area contributed by atoms with Gasteiger partial charge in [-0.05, 0) is 72.6 Å². The number of pyridine rings is 1. The zero-order valence-electron chi connectivity index (χ0n) is 24.5. The van der Waals surface area contributed by atoms with E-state index in [0.29, 0.717) is 42.9 Å². The molecule has 2 amide bonds. The Morgan fingerprint density at radius 2 is 1.84 bits per heavy atom. The van der Waals surface area contributed by atoms with Gasteiger partial charge in [-0.15, -0.1) is 0 Å². The molecule has 3 aliphatic rings. The lowest BCUT2D eigenvalue weighted by Crippen LogP contribution is -2.55. The maximum Gasteiger partial charge on any atom is 0.234 e. The highest BCUT2D eigenvalue weighted by Crippen LogP contribution is 2.48. The molecule has 2 aromatic heterocycles. The number of likely N-dealkylation sites (tertiary alicyclic amines) is 1. The molecule has 9 heteroatoms. The molecular formula is C34H36FN5O3. The molecule has 4 heterocycles. The van der Waals surface area contributed by atoms with Gasteiger partial charge in [-0.1, -0.05) is 32.0 Å². The third-order valence-electron chi connectivity index (χ3n) is 9.69. The summed E-state index contributed by atoms with van der Waals surface area (Å²) in [4.78, 5) is 30.8. The van der Waals surface area contributed by atoms with E-state index in [9.17, 15) is 14.7 Å². The Bertz CT molecular complexity index is 1730. The first-order chi connectivity index (χ1) is 20.6. The van der Waals surface area contributed by atoms with Gasteiger partial charge in [0.25, 0.3) is 0 Å². The van der Waals surface area contributed by atoms with Gasteiger partial charge in [-0.3, -0.25) is 24.8 Å². The Hall–Kier alpha value is -3.95. The van der Waals surface area contributed by atoms with Crippen molar-refractivity contribution in [2.75, 3.05) is 13.1 Å². The number of nitrogens with zero attached hydrogens (tertiary/aromatic N) is 4. The Labute approximate surface area is 249 Å². The molecular weight excluding hydrogens is 545 g/mol. The van der Waals surface area contributed by atoms with E-state index in [1.165, 1.54) is 24.0 Å². The van der Waals surface area contributed by atoms with E-state index >= 15 is 4.39 Å². The number of imide groups is 1. The Morgan fingerprint density at radius 3 is 2.56 bits per heavy atom. The molecule has 2 atom stereocenters. The zero-order chi connectivity index (χ0) is 29.9. The number of aromatic nitrogens is 3. The van der Waals surface area contributed by atoms with E-state index in [0.717, 1.165) is 12.2 Å². The molecule has 8 nitrogen and oxygen atoms in total. The topological polar surface area (TPSA) is 100 Å². The third kappa shape index (κ3) is 5.04. The van der Waals surface area contributed by atoms with Crippen molar-refractivity contribution < 1.29 is 19.1 Å². The first-order valence-corrected chi connectivity index (χ1v) is 15.1. The van der Waals surface area contributed by atoms with Gasteiger partial charge in [-0.2, -0.15) is 5.10 Å². The van der Waals surface area contributed by atoms with Gasteiger partial charge in [-0.25, -0.2) is 9.07 Å². The molecule has 3 fully saturated rings. The number of aliphatic hydroxyl groups is 1. The van der Waals surface area contributed by atoms with Crippen LogP contribution in [0.2, 0.25) is 0 Å². The fourth-order valence-corrected chi connectivity index (χ4v) is 6.88. The number of nitrogens with one attached hydrogen (secondary N) is 1. The van der Waals surface area contributed by atoms with Crippen molar-refractivity contribution >= 4 is 22.7 Å². The highest BCUT2D eigenvalue weighted by Gasteiger charge is 2.50. The molecule has 7 rings (SSSR count). The van der Waals surface area contributed by atoms with Crippen LogP contribution in [0.25, 0.3) is 16.6 Å². The summed E-state index contributed by atoms with van der Waals surface area (Å²) in [5.74, 6) is -1.09. The first-order valence-electron chi connectivity index (χ1n) is 15.1. The van der Waals surface area contributed by atoms with Gasteiger partial charge >= 0.3 is 0 Å². The minimum atomic E-state index is -1.39. The number of rotatable bonds is 6. The number of hydrogen-bond acceptors (Lipinski definition) is 6. The summed E-state index contributed by atoms with van der Waals surface area (Å²) >= 11 is 0. The van der Waals surface area contributed by atoms with Crippen LogP contribution in [-0.4, -0.2) is 49.7 Å². The first kappa shape index (κ1) is 27.9. The summed E-state index contributed by atoms with van der Waals surface area (Å²) in [5, 5.41) is 19.3. The van der Waals surface area contributed by atoms with Crippen molar-refractivity contribution in [1.29, 1.82) is 0 Å². The molecule has 2 aromatic carbocycles. The van der Waals surface area contributed by atoms with Crippen LogP contribution >= 0.6 is 0 Å². The molecule has 2 saturated heterocycles. The summed E-state index contributed by atoms with van der Waals surface area (Å²) < 4.78 is 18.2. The van der Waals surface area contributed by atoms with E-state index in [-0.39, 0.29) is 29.2 Å². The van der Waals surface area contributed by atoms with Gasteiger partial charge in [0.05, 0.1) is 28.9 Å². The van der Waals surface area contributed by atoms with E-state index in [1.807, 2.05) is 24.7 Å². The number of halogens is 1. The number of amides is 2. The minimum absolute atomic E-state index is 0.233. The second kappa shape index (κ2) is 10.3. The van der Waals surface area contributed by atoms with Crippen LogP contribution in [0.5, 0.6) is 0 Å². The van der Waals surface area contributed by atoms with Gasteiger partial charge in [0.2, 0.25) is 11.8 Å². The quantitative estimate of drug-likeness (QED) is 0.308. The number of fused-ring (bicyclic) bond motifs is 1. The van der Waals surface area contributed by atoms with E-state index in [1.54, 1.807) is 24.4 Å². The molecule has 0 spiro atoms. The zero-order valence-corrected chi connectivity index (χ0v) is 24.5.